The van der Waals surface area contributed by atoms with Crippen LogP contribution in [0.15, 0.2) is 0 Å². The standard InChI is InChI=1S/C6H3F11O3/c7-2(8,3(9,10)11)1(4(12,13)18,5(14,15)19)6(16,17)20/h18-20H. The van der Waals surface area contributed by atoms with Gasteiger partial charge in [-0.2, -0.15) is 48.3 Å². The average Bonchev–Trinajstić information content (AvgIpc) is 1.89. The van der Waals surface area contributed by atoms with Crippen LogP contribution in [0.5, 0.6) is 0 Å². The normalized spacial score (nSPS) is 16.5. The molecular weight excluding hydrogens is 329 g/mol. The van der Waals surface area contributed by atoms with Crippen molar-refractivity contribution in [1.29, 1.82) is 0 Å². The molecule has 0 aromatic carbocycles. The Morgan fingerprint density at radius 2 is 0.650 bits per heavy atom. The van der Waals surface area contributed by atoms with Gasteiger partial charge in [-0.3, -0.25) is 0 Å². The lowest BCUT2D eigenvalue weighted by Crippen LogP contribution is -2.75. The zero-order valence-electron chi connectivity index (χ0n) is 8.50. The summed E-state index contributed by atoms with van der Waals surface area (Å²) in [4.78, 5) is 0. The van der Waals surface area contributed by atoms with Crippen molar-refractivity contribution in [2.45, 2.75) is 30.4 Å². The number of aliphatic hydroxyl groups is 3. The molecule has 0 aromatic heterocycles. The van der Waals surface area contributed by atoms with Gasteiger partial charge in [0.25, 0.3) is 0 Å². The number of alkyl halides is 11. The molecule has 0 spiro atoms. The van der Waals surface area contributed by atoms with Gasteiger partial charge in [0.1, 0.15) is 0 Å². The van der Waals surface area contributed by atoms with Crippen LogP contribution in [0.1, 0.15) is 0 Å². The van der Waals surface area contributed by atoms with Crippen LogP contribution in [0.2, 0.25) is 0 Å². The summed E-state index contributed by atoms with van der Waals surface area (Å²) in [6.07, 6.45) is -29.2. The molecule has 0 unspecified atom stereocenters. The first kappa shape index (κ1) is 19.1. The zero-order chi connectivity index (χ0) is 17.0. The molecule has 0 radical (unpaired) electrons. The van der Waals surface area contributed by atoms with E-state index in [0.717, 1.165) is 0 Å². The lowest BCUT2D eigenvalue weighted by molar-refractivity contribution is -0.541. The topological polar surface area (TPSA) is 60.7 Å². The number of halogens is 11. The molecule has 0 aliphatic heterocycles. The van der Waals surface area contributed by atoms with E-state index >= 15 is 0 Å². The van der Waals surface area contributed by atoms with Gasteiger partial charge in [-0.25, -0.2) is 0 Å². The Bertz CT molecular complexity index is 320. The summed E-state index contributed by atoms with van der Waals surface area (Å²) < 4.78 is 135. The minimum absolute atomic E-state index is 7.25. The SMILES string of the molecule is OC(F)(F)C(C(O)(F)F)(C(O)(F)F)C(F)(F)C(F)(F)F. The fourth-order valence-electron chi connectivity index (χ4n) is 1.32. The second-order valence-electron chi connectivity index (χ2n) is 3.45. The van der Waals surface area contributed by atoms with Crippen molar-refractivity contribution < 1.29 is 63.6 Å². The molecule has 3 N–H and O–H groups in total. The van der Waals surface area contributed by atoms with Crippen LogP contribution in [-0.2, 0) is 0 Å². The fraction of sp³-hybridized carbons (Fsp3) is 1.00. The molecule has 20 heavy (non-hydrogen) atoms. The van der Waals surface area contributed by atoms with Crippen LogP contribution >= 0.6 is 0 Å². The first-order chi connectivity index (χ1) is 8.25. The summed E-state index contributed by atoms with van der Waals surface area (Å²) in [5, 5.41) is 23.1. The predicted octanol–water partition coefficient (Wildman–Crippen LogP) is 1.93. The van der Waals surface area contributed by atoms with Crippen LogP contribution in [0.3, 0.4) is 0 Å². The van der Waals surface area contributed by atoms with Crippen LogP contribution < -0.4 is 0 Å². The van der Waals surface area contributed by atoms with E-state index in [1.165, 1.54) is 0 Å². The molecule has 0 bridgehead atoms. The van der Waals surface area contributed by atoms with Gasteiger partial charge in [-0.1, -0.05) is 0 Å². The van der Waals surface area contributed by atoms with Gasteiger partial charge in [-0.15, -0.1) is 0 Å². The van der Waals surface area contributed by atoms with Gasteiger partial charge < -0.3 is 15.3 Å². The van der Waals surface area contributed by atoms with Gasteiger partial charge in [0.2, 0.25) is 0 Å². The summed E-state index contributed by atoms with van der Waals surface area (Å²) >= 11 is 0. The highest BCUT2D eigenvalue weighted by Crippen LogP contribution is 2.66. The van der Waals surface area contributed by atoms with Crippen molar-refractivity contribution in [1.82, 2.24) is 0 Å². The Morgan fingerprint density at radius 3 is 0.700 bits per heavy atom. The highest BCUT2D eigenvalue weighted by atomic mass is 19.4. The van der Waals surface area contributed by atoms with Gasteiger partial charge in [0.05, 0.1) is 0 Å². The lowest BCUT2D eigenvalue weighted by Gasteiger charge is -2.45. The van der Waals surface area contributed by atoms with Gasteiger partial charge in [0.15, 0.2) is 0 Å². The van der Waals surface area contributed by atoms with Crippen LogP contribution in [0, 0.1) is 5.41 Å². The molecule has 0 aliphatic carbocycles. The lowest BCUT2D eigenvalue weighted by atomic mass is 9.76. The summed E-state index contributed by atoms with van der Waals surface area (Å²) in [5.74, 6) is -7.80. The average molecular weight is 332 g/mol. The third kappa shape index (κ3) is 2.28. The van der Waals surface area contributed by atoms with E-state index in [0.29, 0.717) is 0 Å². The molecule has 0 aliphatic rings. The van der Waals surface area contributed by atoms with Gasteiger partial charge >= 0.3 is 35.8 Å². The van der Waals surface area contributed by atoms with E-state index in [4.69, 9.17) is 15.3 Å². The smallest absolute Gasteiger partial charge is 0.335 e. The minimum Gasteiger partial charge on any atom is -0.335 e. The molecule has 0 amide bonds. The Kier molecular flexibility index (Phi) is 4.11. The molecule has 0 saturated carbocycles. The van der Waals surface area contributed by atoms with Crippen molar-refractivity contribution in [3.05, 3.63) is 0 Å². The minimum atomic E-state index is -7.80. The third-order valence-corrected chi connectivity index (χ3v) is 2.18. The monoisotopic (exact) mass is 332 g/mol. The molecule has 0 aromatic rings. The Hall–Kier alpha value is -0.890. The van der Waals surface area contributed by atoms with Crippen molar-refractivity contribution in [3.63, 3.8) is 0 Å². The quantitative estimate of drug-likeness (QED) is 0.690. The predicted molar refractivity (Wildman–Crippen MR) is 34.9 cm³/mol. The second-order valence-corrected chi connectivity index (χ2v) is 3.45. The second kappa shape index (κ2) is 4.30. The van der Waals surface area contributed by atoms with E-state index in [1.54, 1.807) is 0 Å². The largest absolute Gasteiger partial charge is 0.455 e. The highest BCUT2D eigenvalue weighted by molar-refractivity contribution is 5.10. The summed E-state index contributed by atoms with van der Waals surface area (Å²) in [6.45, 7) is 0. The van der Waals surface area contributed by atoms with Crippen molar-refractivity contribution >= 4 is 0 Å². The molecule has 14 heteroatoms. The summed E-state index contributed by atoms with van der Waals surface area (Å²) in [5.41, 5.74) is -7.60. The van der Waals surface area contributed by atoms with E-state index in [9.17, 15) is 48.3 Å². The van der Waals surface area contributed by atoms with E-state index in [-0.39, 0.29) is 0 Å². The summed E-state index contributed by atoms with van der Waals surface area (Å²) in [6, 6.07) is 0. The summed E-state index contributed by atoms with van der Waals surface area (Å²) in [7, 11) is 0. The van der Waals surface area contributed by atoms with Crippen LogP contribution in [0.25, 0.3) is 0 Å². The molecule has 3 nitrogen and oxygen atoms in total. The molecule has 0 saturated heterocycles. The van der Waals surface area contributed by atoms with Crippen molar-refractivity contribution in [2.24, 2.45) is 5.41 Å². The van der Waals surface area contributed by atoms with E-state index in [1.807, 2.05) is 0 Å². The molecule has 0 rings (SSSR count). The van der Waals surface area contributed by atoms with Crippen molar-refractivity contribution in [2.75, 3.05) is 0 Å². The molecule has 0 heterocycles. The van der Waals surface area contributed by atoms with Crippen LogP contribution in [-0.4, -0.2) is 45.7 Å². The number of rotatable bonds is 4. The van der Waals surface area contributed by atoms with Crippen LogP contribution in [0.4, 0.5) is 48.3 Å². The fourth-order valence-corrected chi connectivity index (χ4v) is 1.32. The maximum atomic E-state index is 12.7. The van der Waals surface area contributed by atoms with Crippen molar-refractivity contribution in [3.8, 4) is 0 Å². The third-order valence-electron chi connectivity index (χ3n) is 2.18. The Balaban J connectivity index is 6.83. The maximum Gasteiger partial charge on any atom is 0.455 e. The van der Waals surface area contributed by atoms with E-state index < -0.39 is 35.8 Å². The first-order valence-electron chi connectivity index (χ1n) is 4.00. The Morgan fingerprint density at radius 1 is 0.450 bits per heavy atom. The number of hydrogen-bond acceptors (Lipinski definition) is 3. The van der Waals surface area contributed by atoms with Gasteiger partial charge in [0, 0.05) is 0 Å². The Labute approximate surface area is 101 Å². The van der Waals surface area contributed by atoms with E-state index in [2.05, 4.69) is 0 Å². The molecule has 0 fully saturated rings. The molecule has 0 atom stereocenters. The molecular formula is C6H3F11O3. The van der Waals surface area contributed by atoms with Gasteiger partial charge in [-0.05, 0) is 0 Å². The number of hydrogen-bond donors (Lipinski definition) is 3. The first-order valence-corrected chi connectivity index (χ1v) is 4.00. The maximum absolute atomic E-state index is 12.7. The highest BCUT2D eigenvalue weighted by Gasteiger charge is 2.96. The zero-order valence-corrected chi connectivity index (χ0v) is 8.50. The molecule has 122 valence electrons.